The molecule has 2 atom stereocenters. The third-order valence-corrected chi connectivity index (χ3v) is 17.2. The van der Waals surface area contributed by atoms with Gasteiger partial charge in [-0.25, -0.2) is 0 Å². The zero-order valence-corrected chi connectivity index (χ0v) is 54.3. The summed E-state index contributed by atoms with van der Waals surface area (Å²) in [4.78, 5) is 24.6. The van der Waals surface area contributed by atoms with Gasteiger partial charge >= 0.3 is 5.97 Å². The lowest BCUT2D eigenvalue weighted by Gasteiger charge is -2.22. The lowest BCUT2D eigenvalue weighted by atomic mass is 10.0. The number of carbonyl (C=O) groups excluding carboxylic acids is 2. The quantitative estimate of drug-likeness (QED) is 0.0320. The zero-order chi connectivity index (χ0) is 57.8. The van der Waals surface area contributed by atoms with Crippen LogP contribution in [0.2, 0.25) is 0 Å². The Labute approximate surface area is 501 Å². The van der Waals surface area contributed by atoms with Gasteiger partial charge in [-0.3, -0.25) is 9.59 Å². The van der Waals surface area contributed by atoms with Crippen molar-refractivity contribution in [3.8, 4) is 0 Å². The Kier molecular flexibility index (Phi) is 68.4. The Morgan fingerprint density at radius 2 is 0.588 bits per heavy atom. The first kappa shape index (κ1) is 78.3. The number of hydrogen-bond donors (Lipinski definition) is 3. The van der Waals surface area contributed by atoms with Gasteiger partial charge in [-0.2, -0.15) is 0 Å². The van der Waals surface area contributed by atoms with Crippen LogP contribution in [0.1, 0.15) is 412 Å². The van der Waals surface area contributed by atoms with Crippen molar-refractivity contribution in [1.82, 2.24) is 5.32 Å². The summed E-state index contributed by atoms with van der Waals surface area (Å²) in [5.74, 6) is -0.0210. The maximum absolute atomic E-state index is 12.5. The molecule has 2 unspecified atom stereocenters. The van der Waals surface area contributed by atoms with Gasteiger partial charge in [-0.1, -0.05) is 346 Å². The van der Waals surface area contributed by atoms with Crippen molar-refractivity contribution in [2.45, 2.75) is 424 Å². The number of rotatable bonds is 69. The molecule has 80 heavy (non-hydrogen) atoms. The number of unbranched alkanes of at least 4 members (excludes halogenated alkanes) is 54. The molecule has 0 rings (SSSR count). The first-order chi connectivity index (χ1) is 39.5. The maximum Gasteiger partial charge on any atom is 0.305 e. The Morgan fingerprint density at radius 3 is 0.887 bits per heavy atom. The van der Waals surface area contributed by atoms with Gasteiger partial charge in [-0.05, 0) is 77.0 Å². The van der Waals surface area contributed by atoms with E-state index in [0.717, 1.165) is 44.9 Å². The Balaban J connectivity index is 3.37. The van der Waals surface area contributed by atoms with Gasteiger partial charge in [-0.15, -0.1) is 0 Å². The van der Waals surface area contributed by atoms with E-state index >= 15 is 0 Å². The Morgan fingerprint density at radius 1 is 0.338 bits per heavy atom. The van der Waals surface area contributed by atoms with E-state index in [1.165, 1.54) is 334 Å². The first-order valence-electron chi connectivity index (χ1n) is 36.6. The van der Waals surface area contributed by atoms with E-state index < -0.39 is 12.1 Å². The summed E-state index contributed by atoms with van der Waals surface area (Å²) in [6, 6.07) is -0.541. The smallest absolute Gasteiger partial charge is 0.305 e. The van der Waals surface area contributed by atoms with Gasteiger partial charge in [0.25, 0.3) is 0 Å². The third-order valence-electron chi connectivity index (χ3n) is 17.2. The number of carbonyl (C=O) groups is 2. The molecule has 0 heterocycles. The van der Waals surface area contributed by atoms with E-state index in [-0.39, 0.29) is 18.5 Å². The number of nitrogens with one attached hydrogen (secondary N) is 1. The molecule has 0 saturated carbocycles. The van der Waals surface area contributed by atoms with Gasteiger partial charge in [0.15, 0.2) is 0 Å². The molecule has 474 valence electrons. The molecular weight excluding hydrogens is 983 g/mol. The average molecular weight is 1130 g/mol. The van der Waals surface area contributed by atoms with Crippen molar-refractivity contribution in [2.75, 3.05) is 13.2 Å². The molecule has 0 spiro atoms. The monoisotopic (exact) mass is 1130 g/mol. The Hall–Kier alpha value is -1.66. The van der Waals surface area contributed by atoms with E-state index in [0.29, 0.717) is 25.9 Å². The van der Waals surface area contributed by atoms with E-state index in [1.807, 2.05) is 0 Å². The molecule has 6 heteroatoms. The predicted molar refractivity (Wildman–Crippen MR) is 352 cm³/mol. The van der Waals surface area contributed by atoms with Crippen molar-refractivity contribution in [3.05, 3.63) is 24.3 Å². The molecule has 0 fully saturated rings. The van der Waals surface area contributed by atoms with Crippen LogP contribution in [0.3, 0.4) is 0 Å². The Bertz CT molecular complexity index is 1250. The minimum atomic E-state index is -0.664. The molecular formula is C74H143NO5. The van der Waals surface area contributed by atoms with Crippen LogP contribution in [0.25, 0.3) is 0 Å². The third kappa shape index (κ3) is 65.5. The normalized spacial score (nSPS) is 12.6. The second-order valence-electron chi connectivity index (χ2n) is 25.3. The fourth-order valence-electron chi connectivity index (χ4n) is 11.6. The molecule has 0 saturated heterocycles. The van der Waals surface area contributed by atoms with Crippen LogP contribution in [-0.4, -0.2) is 47.4 Å². The van der Waals surface area contributed by atoms with Crippen LogP contribution >= 0.6 is 0 Å². The number of allylic oxidation sites excluding steroid dienone is 4. The number of aliphatic hydroxyl groups excluding tert-OH is 2. The molecule has 0 aromatic heterocycles. The summed E-state index contributed by atoms with van der Waals surface area (Å²) in [6.07, 6.45) is 88.1. The highest BCUT2D eigenvalue weighted by Gasteiger charge is 2.20. The lowest BCUT2D eigenvalue weighted by molar-refractivity contribution is -0.143. The largest absolute Gasteiger partial charge is 0.466 e. The van der Waals surface area contributed by atoms with Crippen LogP contribution in [0.15, 0.2) is 24.3 Å². The van der Waals surface area contributed by atoms with Crippen molar-refractivity contribution in [3.63, 3.8) is 0 Å². The second kappa shape index (κ2) is 69.8. The van der Waals surface area contributed by atoms with Crippen molar-refractivity contribution >= 4 is 11.9 Å². The molecule has 1 amide bonds. The van der Waals surface area contributed by atoms with Gasteiger partial charge in [0.2, 0.25) is 5.91 Å². The average Bonchev–Trinajstić information content (AvgIpc) is 3.46. The summed E-state index contributed by atoms with van der Waals surface area (Å²) in [7, 11) is 0. The summed E-state index contributed by atoms with van der Waals surface area (Å²) in [5.41, 5.74) is 0. The summed E-state index contributed by atoms with van der Waals surface area (Å²) in [6.45, 7) is 4.98. The number of aliphatic hydroxyl groups is 2. The molecule has 0 bridgehead atoms. The summed E-state index contributed by atoms with van der Waals surface area (Å²) in [5, 5.41) is 23.4. The van der Waals surface area contributed by atoms with Crippen LogP contribution in [-0.2, 0) is 14.3 Å². The highest BCUT2D eigenvalue weighted by molar-refractivity contribution is 5.76. The lowest BCUT2D eigenvalue weighted by Crippen LogP contribution is -2.45. The first-order valence-corrected chi connectivity index (χ1v) is 36.6. The standard InChI is InChI=1S/C74H143NO5/c1-3-5-7-9-11-13-15-17-19-20-21-33-36-39-42-46-50-54-58-62-66-72(77)71(70-76)75-73(78)67-63-59-55-51-47-43-40-37-34-31-29-27-25-23-22-24-26-28-30-32-35-38-41-45-49-53-57-61-65-69-80-74(79)68-64-60-56-52-48-44-18-16-14-12-10-8-6-4-2/h16,18,22,24,71-72,76-77H,3-15,17,19-21,23,25-70H2,1-2H3,(H,75,78)/b18-16-,24-22-. The van der Waals surface area contributed by atoms with Crippen molar-refractivity contribution < 1.29 is 24.5 Å². The van der Waals surface area contributed by atoms with Crippen molar-refractivity contribution in [2.24, 2.45) is 0 Å². The topological polar surface area (TPSA) is 95.9 Å². The summed E-state index contributed by atoms with van der Waals surface area (Å²) < 4.78 is 5.49. The molecule has 6 nitrogen and oxygen atoms in total. The summed E-state index contributed by atoms with van der Waals surface area (Å²) >= 11 is 0. The fourth-order valence-corrected chi connectivity index (χ4v) is 11.6. The van der Waals surface area contributed by atoms with Gasteiger partial charge in [0.05, 0.1) is 25.4 Å². The molecule has 0 aliphatic carbocycles. The van der Waals surface area contributed by atoms with Gasteiger partial charge < -0.3 is 20.3 Å². The highest BCUT2D eigenvalue weighted by Crippen LogP contribution is 2.19. The molecule has 3 N–H and O–H groups in total. The zero-order valence-electron chi connectivity index (χ0n) is 54.3. The maximum atomic E-state index is 12.5. The predicted octanol–water partition coefficient (Wildman–Crippen LogP) is 23.7. The van der Waals surface area contributed by atoms with Gasteiger partial charge in [0, 0.05) is 12.8 Å². The molecule has 0 aliphatic rings. The van der Waals surface area contributed by atoms with Crippen LogP contribution in [0, 0.1) is 0 Å². The SMILES string of the molecule is CCCCCCC/C=C\CCCCCCCC(=O)OCCCCCCCCCCCCCC/C=C\CCCCCCCCCCCCCCCC(=O)NC(CO)C(O)CCCCCCCCCCCCCCCCCCCCCC. The highest BCUT2D eigenvalue weighted by atomic mass is 16.5. The number of amides is 1. The van der Waals surface area contributed by atoms with E-state index in [1.54, 1.807) is 0 Å². The number of ether oxygens (including phenoxy) is 1. The molecule has 0 aromatic carbocycles. The molecule has 0 radical (unpaired) electrons. The fraction of sp³-hybridized carbons (Fsp3) is 0.919. The van der Waals surface area contributed by atoms with Crippen molar-refractivity contribution in [1.29, 1.82) is 0 Å². The molecule has 0 aromatic rings. The van der Waals surface area contributed by atoms with E-state index in [4.69, 9.17) is 4.74 Å². The number of hydrogen-bond acceptors (Lipinski definition) is 5. The molecule has 0 aliphatic heterocycles. The van der Waals surface area contributed by atoms with Gasteiger partial charge in [0.1, 0.15) is 0 Å². The van der Waals surface area contributed by atoms with Crippen LogP contribution in [0.5, 0.6) is 0 Å². The van der Waals surface area contributed by atoms with Crippen LogP contribution in [0.4, 0.5) is 0 Å². The number of esters is 1. The van der Waals surface area contributed by atoms with Crippen LogP contribution < -0.4 is 5.32 Å². The van der Waals surface area contributed by atoms with E-state index in [2.05, 4.69) is 43.5 Å². The minimum absolute atomic E-state index is 0.00873. The minimum Gasteiger partial charge on any atom is -0.466 e. The van der Waals surface area contributed by atoms with E-state index in [9.17, 15) is 19.8 Å². The second-order valence-corrected chi connectivity index (χ2v) is 25.3.